The van der Waals surface area contributed by atoms with Gasteiger partial charge < -0.3 is 15.4 Å². The summed E-state index contributed by atoms with van der Waals surface area (Å²) < 4.78 is 40.8. The van der Waals surface area contributed by atoms with Crippen molar-refractivity contribution in [1.29, 1.82) is 0 Å². The Morgan fingerprint density at radius 3 is 2.22 bits per heavy atom. The predicted octanol–water partition coefficient (Wildman–Crippen LogP) is 5.92. The molecule has 0 aliphatic carbocycles. The molecule has 3 aromatic carbocycles. The molecule has 0 saturated heterocycles. The van der Waals surface area contributed by atoms with Gasteiger partial charge in [0.2, 0.25) is 11.6 Å². The molecular weight excluding hydrogens is 427 g/mol. The molecule has 1 heterocycles. The van der Waals surface area contributed by atoms with Crippen LogP contribution >= 0.6 is 0 Å². The fourth-order valence-electron chi connectivity index (χ4n) is 3.07. The standard InChI is InChI=1S/C21H14F3N5O3/c22-21(23,24)32-15-10-8-14(9-11-15)27-19-18(29(30)31)20(26-12-25-19)28-17-7-3-5-13-4-1-2-6-16(13)17/h1-12H,(H2,25,26,27,28). The molecule has 32 heavy (non-hydrogen) atoms. The second-order valence-corrected chi connectivity index (χ2v) is 6.53. The molecule has 2 N–H and O–H groups in total. The third-order valence-electron chi connectivity index (χ3n) is 4.40. The van der Waals surface area contributed by atoms with Gasteiger partial charge >= 0.3 is 12.0 Å². The number of fused-ring (bicyclic) bond motifs is 1. The largest absolute Gasteiger partial charge is 0.573 e. The minimum atomic E-state index is -4.82. The van der Waals surface area contributed by atoms with Gasteiger partial charge in [-0.3, -0.25) is 10.1 Å². The van der Waals surface area contributed by atoms with E-state index in [-0.39, 0.29) is 17.3 Å². The molecule has 8 nitrogen and oxygen atoms in total. The van der Waals surface area contributed by atoms with E-state index in [4.69, 9.17) is 0 Å². The number of nitrogens with one attached hydrogen (secondary N) is 2. The number of anilines is 4. The number of hydrogen-bond donors (Lipinski definition) is 2. The molecule has 162 valence electrons. The summed E-state index contributed by atoms with van der Waals surface area (Å²) >= 11 is 0. The molecule has 0 spiro atoms. The Morgan fingerprint density at radius 2 is 1.53 bits per heavy atom. The molecule has 0 aliphatic rings. The number of halogens is 3. The lowest BCUT2D eigenvalue weighted by Crippen LogP contribution is -2.17. The van der Waals surface area contributed by atoms with E-state index in [9.17, 15) is 23.3 Å². The van der Waals surface area contributed by atoms with Crippen molar-refractivity contribution in [3.05, 3.63) is 83.2 Å². The van der Waals surface area contributed by atoms with Crippen LogP contribution in [0, 0.1) is 10.1 Å². The second-order valence-electron chi connectivity index (χ2n) is 6.53. The number of nitro groups is 1. The highest BCUT2D eigenvalue weighted by Gasteiger charge is 2.31. The molecular formula is C21H14F3N5O3. The fraction of sp³-hybridized carbons (Fsp3) is 0.0476. The first-order valence-corrected chi connectivity index (χ1v) is 9.17. The van der Waals surface area contributed by atoms with Crippen LogP contribution in [0.5, 0.6) is 5.75 Å². The molecule has 11 heteroatoms. The maximum Gasteiger partial charge on any atom is 0.573 e. The summed E-state index contributed by atoms with van der Waals surface area (Å²) in [5, 5.41) is 19.3. The number of rotatable bonds is 6. The van der Waals surface area contributed by atoms with E-state index in [1.807, 2.05) is 30.3 Å². The Kier molecular flexibility index (Phi) is 5.46. The van der Waals surface area contributed by atoms with Gasteiger partial charge in [-0.2, -0.15) is 0 Å². The van der Waals surface area contributed by atoms with Crippen molar-refractivity contribution < 1.29 is 22.8 Å². The lowest BCUT2D eigenvalue weighted by molar-refractivity contribution is -0.383. The molecule has 0 fully saturated rings. The molecule has 1 aromatic heterocycles. The van der Waals surface area contributed by atoms with Crippen LogP contribution in [0.15, 0.2) is 73.1 Å². The number of nitrogens with zero attached hydrogens (tertiary/aromatic N) is 3. The van der Waals surface area contributed by atoms with Gasteiger partial charge in [-0.05, 0) is 35.7 Å². The van der Waals surface area contributed by atoms with E-state index in [1.165, 1.54) is 12.1 Å². The average Bonchev–Trinajstić information content (AvgIpc) is 2.74. The van der Waals surface area contributed by atoms with E-state index in [2.05, 4.69) is 25.3 Å². The maximum atomic E-state index is 12.3. The minimum Gasteiger partial charge on any atom is -0.406 e. The summed E-state index contributed by atoms with van der Waals surface area (Å²) in [5.74, 6) is -0.586. The molecule has 4 aromatic rings. The zero-order valence-electron chi connectivity index (χ0n) is 16.1. The van der Waals surface area contributed by atoms with E-state index < -0.39 is 22.7 Å². The van der Waals surface area contributed by atoms with E-state index in [0.29, 0.717) is 5.69 Å². The van der Waals surface area contributed by atoms with Crippen LogP contribution in [-0.4, -0.2) is 21.3 Å². The van der Waals surface area contributed by atoms with Gasteiger partial charge in [-0.1, -0.05) is 36.4 Å². The lowest BCUT2D eigenvalue weighted by atomic mass is 10.1. The number of benzene rings is 3. The van der Waals surface area contributed by atoms with Gasteiger partial charge in [0.1, 0.15) is 12.1 Å². The Bertz CT molecular complexity index is 1270. The van der Waals surface area contributed by atoms with Crippen molar-refractivity contribution in [3.63, 3.8) is 0 Å². The zero-order chi connectivity index (χ0) is 22.7. The van der Waals surface area contributed by atoms with Crippen molar-refractivity contribution in [2.45, 2.75) is 6.36 Å². The Hall–Kier alpha value is -4.41. The average molecular weight is 441 g/mol. The van der Waals surface area contributed by atoms with Gasteiger partial charge in [0.25, 0.3) is 0 Å². The molecule has 0 aliphatic heterocycles. The van der Waals surface area contributed by atoms with Crippen LogP contribution in [0.25, 0.3) is 10.8 Å². The topological polar surface area (TPSA) is 102 Å². The first kappa shape index (κ1) is 20.8. The number of hydrogen-bond acceptors (Lipinski definition) is 7. The summed E-state index contributed by atoms with van der Waals surface area (Å²) in [6.45, 7) is 0. The molecule has 0 bridgehead atoms. The maximum absolute atomic E-state index is 12.3. The highest BCUT2D eigenvalue weighted by Crippen LogP contribution is 2.35. The smallest absolute Gasteiger partial charge is 0.406 e. The zero-order valence-corrected chi connectivity index (χ0v) is 16.1. The van der Waals surface area contributed by atoms with Gasteiger partial charge in [0, 0.05) is 16.8 Å². The van der Waals surface area contributed by atoms with E-state index >= 15 is 0 Å². The summed E-state index contributed by atoms with van der Waals surface area (Å²) in [6.07, 6.45) is -3.67. The molecule has 0 atom stereocenters. The van der Waals surface area contributed by atoms with Crippen molar-refractivity contribution in [2.24, 2.45) is 0 Å². The second kappa shape index (κ2) is 8.38. The highest BCUT2D eigenvalue weighted by molar-refractivity contribution is 5.96. The number of ether oxygens (including phenoxy) is 1. The quantitative estimate of drug-likeness (QED) is 0.283. The number of aromatic nitrogens is 2. The predicted molar refractivity (Wildman–Crippen MR) is 112 cm³/mol. The van der Waals surface area contributed by atoms with Crippen LogP contribution in [0.4, 0.5) is 41.9 Å². The van der Waals surface area contributed by atoms with Gasteiger partial charge in [0.05, 0.1) is 4.92 Å². The summed E-state index contributed by atoms with van der Waals surface area (Å²) in [6, 6.07) is 17.7. The molecule has 4 rings (SSSR count). The normalized spacial score (nSPS) is 11.2. The van der Waals surface area contributed by atoms with Crippen LogP contribution in [0.3, 0.4) is 0 Å². The Balaban J connectivity index is 1.65. The fourth-order valence-corrected chi connectivity index (χ4v) is 3.07. The third-order valence-corrected chi connectivity index (χ3v) is 4.40. The van der Waals surface area contributed by atoms with E-state index in [1.54, 1.807) is 12.1 Å². The van der Waals surface area contributed by atoms with Crippen molar-refractivity contribution >= 4 is 39.5 Å². The monoisotopic (exact) mass is 441 g/mol. The molecule has 0 amide bonds. The summed E-state index contributed by atoms with van der Waals surface area (Å²) in [5.41, 5.74) is 0.470. The first-order valence-electron chi connectivity index (χ1n) is 9.17. The van der Waals surface area contributed by atoms with Crippen LogP contribution < -0.4 is 15.4 Å². The summed E-state index contributed by atoms with van der Waals surface area (Å²) in [4.78, 5) is 19.1. The van der Waals surface area contributed by atoms with Gasteiger partial charge in [0.15, 0.2) is 0 Å². The van der Waals surface area contributed by atoms with Gasteiger partial charge in [-0.25, -0.2) is 9.97 Å². The van der Waals surface area contributed by atoms with Crippen molar-refractivity contribution in [1.82, 2.24) is 9.97 Å². The molecule has 0 saturated carbocycles. The summed E-state index contributed by atoms with van der Waals surface area (Å²) in [7, 11) is 0. The van der Waals surface area contributed by atoms with E-state index in [0.717, 1.165) is 29.2 Å². The SMILES string of the molecule is O=[N+]([O-])c1c(Nc2ccc(OC(F)(F)F)cc2)ncnc1Nc1cccc2ccccc12. The Morgan fingerprint density at radius 1 is 0.875 bits per heavy atom. The highest BCUT2D eigenvalue weighted by atomic mass is 19.4. The molecule has 0 unspecified atom stereocenters. The third kappa shape index (κ3) is 4.67. The number of alkyl halides is 3. The van der Waals surface area contributed by atoms with Crippen molar-refractivity contribution in [3.8, 4) is 5.75 Å². The molecule has 0 radical (unpaired) electrons. The minimum absolute atomic E-state index is 0.0409. The van der Waals surface area contributed by atoms with Crippen LogP contribution in [0.1, 0.15) is 0 Å². The van der Waals surface area contributed by atoms with Crippen LogP contribution in [-0.2, 0) is 0 Å². The van der Waals surface area contributed by atoms with Gasteiger partial charge in [-0.15, -0.1) is 13.2 Å². The Labute approximate surface area is 178 Å². The lowest BCUT2D eigenvalue weighted by Gasteiger charge is -2.12. The van der Waals surface area contributed by atoms with Crippen LogP contribution in [0.2, 0.25) is 0 Å². The first-order chi connectivity index (χ1) is 15.3. The van der Waals surface area contributed by atoms with Crippen molar-refractivity contribution in [2.75, 3.05) is 10.6 Å².